The first-order valence-corrected chi connectivity index (χ1v) is 8.75. The fraction of sp³-hybridized carbons (Fsp3) is 0.647. The summed E-state index contributed by atoms with van der Waals surface area (Å²) in [4.78, 5) is 25.5. The molecule has 3 heterocycles. The van der Waals surface area contributed by atoms with Crippen LogP contribution in [0.3, 0.4) is 0 Å². The van der Waals surface area contributed by atoms with E-state index in [9.17, 15) is 4.79 Å². The lowest BCUT2D eigenvalue weighted by Crippen LogP contribution is -2.56. The largest absolute Gasteiger partial charge is 0.516 e. The third-order valence-corrected chi connectivity index (χ3v) is 4.63. The molecule has 2 atom stereocenters. The second kappa shape index (κ2) is 6.39. The minimum atomic E-state index is -0.512. The van der Waals surface area contributed by atoms with Gasteiger partial charge in [0.15, 0.2) is 11.2 Å². The van der Waals surface area contributed by atoms with Gasteiger partial charge in [0.2, 0.25) is 11.8 Å². The maximum Gasteiger partial charge on any atom is 0.516 e. The number of hydrogen-bond donors (Lipinski definition) is 1. The molecule has 142 valence electrons. The SMILES string of the molecule is COc1nc(N)nc2c1ncn2[C@@H]1CCC[N+](C)(C(=O)OC(C)(C)C)C1. The second-order valence-corrected chi connectivity index (χ2v) is 7.99. The molecule has 2 aromatic rings. The smallest absolute Gasteiger partial charge is 0.479 e. The normalized spacial score (nSPS) is 23.8. The van der Waals surface area contributed by atoms with E-state index < -0.39 is 5.60 Å². The third-order valence-electron chi connectivity index (χ3n) is 4.63. The number of nitrogens with zero attached hydrogens (tertiary/aromatic N) is 5. The molecule has 0 bridgehead atoms. The Morgan fingerprint density at radius 3 is 2.77 bits per heavy atom. The van der Waals surface area contributed by atoms with E-state index in [4.69, 9.17) is 15.2 Å². The lowest BCUT2D eigenvalue weighted by atomic mass is 10.0. The molecule has 2 aromatic heterocycles. The van der Waals surface area contributed by atoms with Crippen LogP contribution in [0.2, 0.25) is 0 Å². The molecule has 26 heavy (non-hydrogen) atoms. The van der Waals surface area contributed by atoms with Crippen LogP contribution in [0.15, 0.2) is 6.33 Å². The van der Waals surface area contributed by atoms with Crippen molar-refractivity contribution in [3.05, 3.63) is 6.33 Å². The van der Waals surface area contributed by atoms with Crippen molar-refractivity contribution in [3.8, 4) is 5.88 Å². The van der Waals surface area contributed by atoms with Crippen LogP contribution < -0.4 is 10.5 Å². The van der Waals surface area contributed by atoms with Gasteiger partial charge in [-0.05, 0) is 33.6 Å². The lowest BCUT2D eigenvalue weighted by Gasteiger charge is -2.39. The number of ether oxygens (including phenoxy) is 2. The summed E-state index contributed by atoms with van der Waals surface area (Å²) >= 11 is 0. The van der Waals surface area contributed by atoms with Gasteiger partial charge in [-0.1, -0.05) is 0 Å². The van der Waals surface area contributed by atoms with Crippen molar-refractivity contribution in [1.82, 2.24) is 19.5 Å². The summed E-state index contributed by atoms with van der Waals surface area (Å²) in [6.45, 7) is 7.00. The number of aromatic nitrogens is 4. The number of anilines is 1. The van der Waals surface area contributed by atoms with Crippen molar-refractivity contribution in [1.29, 1.82) is 0 Å². The summed E-state index contributed by atoms with van der Waals surface area (Å²) < 4.78 is 13.1. The van der Waals surface area contributed by atoms with Crippen molar-refractivity contribution in [3.63, 3.8) is 0 Å². The van der Waals surface area contributed by atoms with Gasteiger partial charge in [-0.25, -0.2) is 9.47 Å². The van der Waals surface area contributed by atoms with Gasteiger partial charge in [-0.15, -0.1) is 0 Å². The van der Waals surface area contributed by atoms with E-state index >= 15 is 0 Å². The summed E-state index contributed by atoms with van der Waals surface area (Å²) in [6, 6.07) is 0.0604. The predicted molar refractivity (Wildman–Crippen MR) is 96.7 cm³/mol. The summed E-state index contributed by atoms with van der Waals surface area (Å²) in [5, 5.41) is 0. The monoisotopic (exact) mass is 363 g/mol. The summed E-state index contributed by atoms with van der Waals surface area (Å²) in [5.74, 6) is 0.489. The van der Waals surface area contributed by atoms with Crippen LogP contribution in [0.25, 0.3) is 11.2 Å². The van der Waals surface area contributed by atoms with Gasteiger partial charge < -0.3 is 19.8 Å². The number of likely N-dealkylation sites (tertiary alicyclic amines) is 1. The number of rotatable bonds is 2. The molecule has 1 saturated heterocycles. The molecular formula is C17H27N6O3+. The van der Waals surface area contributed by atoms with Gasteiger partial charge in [-0.2, -0.15) is 14.8 Å². The Balaban J connectivity index is 1.92. The number of methoxy groups -OCH3 is 1. The minimum Gasteiger partial charge on any atom is -0.479 e. The number of imidazole rings is 1. The molecule has 1 aliphatic rings. The number of quaternary nitrogens is 1. The number of fused-ring (bicyclic) bond motifs is 1. The maximum atomic E-state index is 12.7. The van der Waals surface area contributed by atoms with E-state index in [-0.39, 0.29) is 22.6 Å². The van der Waals surface area contributed by atoms with Crippen molar-refractivity contribution in [2.75, 3.05) is 33.0 Å². The quantitative estimate of drug-likeness (QED) is 0.815. The van der Waals surface area contributed by atoms with Crippen molar-refractivity contribution < 1.29 is 18.8 Å². The highest BCUT2D eigenvalue weighted by atomic mass is 16.6. The Morgan fingerprint density at radius 2 is 2.12 bits per heavy atom. The number of likely N-dealkylation sites (N-methyl/N-ethyl adjacent to an activating group) is 1. The maximum absolute atomic E-state index is 12.7. The zero-order valence-corrected chi connectivity index (χ0v) is 16.0. The first-order chi connectivity index (χ1) is 12.1. The van der Waals surface area contributed by atoms with Gasteiger partial charge in [0.1, 0.15) is 12.1 Å². The summed E-state index contributed by atoms with van der Waals surface area (Å²) in [5.41, 5.74) is 6.49. The number of amides is 1. The van der Waals surface area contributed by atoms with Crippen molar-refractivity contribution >= 4 is 23.2 Å². The fourth-order valence-electron chi connectivity index (χ4n) is 3.40. The van der Waals surface area contributed by atoms with E-state index in [1.165, 1.54) is 7.11 Å². The summed E-state index contributed by atoms with van der Waals surface area (Å²) in [7, 11) is 3.45. The average Bonchev–Trinajstić information content (AvgIpc) is 2.96. The van der Waals surface area contributed by atoms with Gasteiger partial charge >= 0.3 is 6.09 Å². The minimum absolute atomic E-state index is 0.0604. The Bertz CT molecular complexity index is 828. The van der Waals surface area contributed by atoms with E-state index in [1.807, 2.05) is 32.4 Å². The van der Waals surface area contributed by atoms with Crippen molar-refractivity contribution in [2.24, 2.45) is 0 Å². The van der Waals surface area contributed by atoms with Gasteiger partial charge in [0, 0.05) is 0 Å². The molecule has 0 radical (unpaired) electrons. The lowest BCUT2D eigenvalue weighted by molar-refractivity contribution is -0.846. The Kier molecular flexibility index (Phi) is 4.51. The molecule has 9 heteroatoms. The standard InChI is InChI=1S/C17H27N6O3/c1-17(2,3)26-16(24)23(4)8-6-7-11(9-23)22-10-19-12-13(22)20-15(18)21-14(12)25-5/h10-11H,6-9H2,1-5H3,(H2,18,20,21)/q+1/t11-,23?/m1/s1. The van der Waals surface area contributed by atoms with E-state index in [0.29, 0.717) is 23.6 Å². The van der Waals surface area contributed by atoms with Gasteiger partial charge in [0.05, 0.1) is 33.1 Å². The Morgan fingerprint density at radius 1 is 1.38 bits per heavy atom. The summed E-state index contributed by atoms with van der Waals surface area (Å²) in [6.07, 6.45) is 3.33. The predicted octanol–water partition coefficient (Wildman–Crippen LogP) is 2.13. The molecule has 9 nitrogen and oxygen atoms in total. The number of piperidine rings is 1. The van der Waals surface area contributed by atoms with Crippen LogP contribution >= 0.6 is 0 Å². The zero-order valence-electron chi connectivity index (χ0n) is 16.0. The van der Waals surface area contributed by atoms with Crippen LogP contribution in [-0.4, -0.2) is 62.9 Å². The highest BCUT2D eigenvalue weighted by Gasteiger charge is 2.42. The molecule has 0 aromatic carbocycles. The molecule has 2 N–H and O–H groups in total. The Hall–Kier alpha value is -2.42. The van der Waals surface area contributed by atoms with Crippen LogP contribution in [-0.2, 0) is 4.74 Å². The average molecular weight is 363 g/mol. The number of carbonyl (C=O) groups is 1. The van der Waals surface area contributed by atoms with Crippen LogP contribution in [0.5, 0.6) is 5.88 Å². The molecule has 1 fully saturated rings. The third kappa shape index (κ3) is 3.44. The molecule has 1 unspecified atom stereocenters. The first kappa shape index (κ1) is 18.4. The second-order valence-electron chi connectivity index (χ2n) is 7.99. The van der Waals surface area contributed by atoms with E-state index in [1.54, 1.807) is 6.33 Å². The highest BCUT2D eigenvalue weighted by molar-refractivity contribution is 5.77. The molecule has 0 spiro atoms. The highest BCUT2D eigenvalue weighted by Crippen LogP contribution is 2.31. The van der Waals surface area contributed by atoms with Crippen LogP contribution in [0, 0.1) is 0 Å². The van der Waals surface area contributed by atoms with E-state index in [2.05, 4.69) is 15.0 Å². The van der Waals surface area contributed by atoms with Crippen LogP contribution in [0.1, 0.15) is 39.7 Å². The number of nitrogens with two attached hydrogens (primary N) is 1. The Labute approximate surface area is 152 Å². The number of carbonyl (C=O) groups excluding carboxylic acids is 1. The fourth-order valence-corrected chi connectivity index (χ4v) is 3.40. The number of hydrogen-bond acceptors (Lipinski definition) is 7. The molecule has 3 rings (SSSR count). The molecule has 0 aliphatic carbocycles. The molecular weight excluding hydrogens is 336 g/mol. The first-order valence-electron chi connectivity index (χ1n) is 8.75. The topological polar surface area (TPSA) is 105 Å². The van der Waals surface area contributed by atoms with Gasteiger partial charge in [-0.3, -0.25) is 0 Å². The van der Waals surface area contributed by atoms with Crippen molar-refractivity contribution in [2.45, 2.75) is 45.3 Å². The van der Waals surface area contributed by atoms with Gasteiger partial charge in [0.25, 0.3) is 0 Å². The number of nitrogen functional groups attached to an aromatic ring is 1. The zero-order chi connectivity index (χ0) is 19.1. The molecule has 1 amide bonds. The molecule has 1 aliphatic heterocycles. The van der Waals surface area contributed by atoms with E-state index in [0.717, 1.165) is 19.4 Å². The molecule has 0 saturated carbocycles. The van der Waals surface area contributed by atoms with Crippen LogP contribution in [0.4, 0.5) is 10.7 Å².